The smallest absolute Gasteiger partial charge is 0.152 e. The van der Waals surface area contributed by atoms with Crippen LogP contribution in [0.15, 0.2) is 60.1 Å². The number of hydrogen-bond acceptors (Lipinski definition) is 4. The number of imidazole rings is 1. The zero-order chi connectivity index (χ0) is 14.1. The van der Waals surface area contributed by atoms with Crippen molar-refractivity contribution in [1.82, 2.24) is 14.4 Å². The van der Waals surface area contributed by atoms with Gasteiger partial charge in [-0.15, -0.1) is 11.8 Å². The molecule has 0 bridgehead atoms. The molecule has 2 aromatic heterocycles. The number of rotatable bonds is 4. The van der Waals surface area contributed by atoms with Crippen LogP contribution < -0.4 is 5.32 Å². The molecule has 0 radical (unpaired) electrons. The van der Waals surface area contributed by atoms with Gasteiger partial charge in [0.15, 0.2) is 5.82 Å². The predicted molar refractivity (Wildman–Crippen MR) is 85.7 cm³/mol. The van der Waals surface area contributed by atoms with Crippen molar-refractivity contribution < 1.29 is 0 Å². The zero-order valence-corrected chi connectivity index (χ0v) is 12.3. The van der Waals surface area contributed by atoms with Crippen molar-refractivity contribution in [2.75, 3.05) is 5.32 Å². The lowest BCUT2D eigenvalue weighted by atomic mass is 9.92. The van der Waals surface area contributed by atoms with Gasteiger partial charge in [-0.1, -0.05) is 18.2 Å². The number of aromatic nitrogens is 3. The van der Waals surface area contributed by atoms with Crippen LogP contribution in [0.3, 0.4) is 0 Å². The van der Waals surface area contributed by atoms with Crippen LogP contribution in [0.5, 0.6) is 0 Å². The number of anilines is 1. The molecule has 0 unspecified atom stereocenters. The first-order chi connectivity index (χ1) is 10.4. The van der Waals surface area contributed by atoms with Crippen molar-refractivity contribution in [2.24, 2.45) is 0 Å². The molecule has 0 saturated heterocycles. The Balaban J connectivity index is 1.37. The molecule has 1 aromatic carbocycles. The van der Waals surface area contributed by atoms with Crippen molar-refractivity contribution in [3.05, 3.63) is 55.2 Å². The number of hydrogen-bond donors (Lipinski definition) is 1. The molecule has 21 heavy (non-hydrogen) atoms. The quantitative estimate of drug-likeness (QED) is 0.800. The van der Waals surface area contributed by atoms with Gasteiger partial charge in [0.25, 0.3) is 0 Å². The summed E-state index contributed by atoms with van der Waals surface area (Å²) in [4.78, 5) is 9.95. The zero-order valence-electron chi connectivity index (χ0n) is 11.5. The van der Waals surface area contributed by atoms with Gasteiger partial charge in [0, 0.05) is 28.6 Å². The number of nitrogens with zero attached hydrogens (tertiary/aromatic N) is 3. The Morgan fingerprint density at radius 1 is 1.19 bits per heavy atom. The third-order valence-electron chi connectivity index (χ3n) is 3.82. The molecule has 0 amide bonds. The molecule has 1 saturated carbocycles. The van der Waals surface area contributed by atoms with Gasteiger partial charge in [0.1, 0.15) is 5.52 Å². The first kappa shape index (κ1) is 12.7. The number of benzene rings is 1. The lowest BCUT2D eigenvalue weighted by molar-refractivity contribution is 0.460. The molecule has 1 aliphatic carbocycles. The van der Waals surface area contributed by atoms with Gasteiger partial charge in [-0.3, -0.25) is 0 Å². The lowest BCUT2D eigenvalue weighted by Crippen LogP contribution is -2.37. The van der Waals surface area contributed by atoms with Crippen LogP contribution in [0.1, 0.15) is 12.8 Å². The Morgan fingerprint density at radius 2 is 2.05 bits per heavy atom. The van der Waals surface area contributed by atoms with Crippen molar-refractivity contribution in [1.29, 1.82) is 0 Å². The fourth-order valence-corrected chi connectivity index (χ4v) is 3.98. The van der Waals surface area contributed by atoms with E-state index in [-0.39, 0.29) is 0 Å². The van der Waals surface area contributed by atoms with Crippen LogP contribution in [0, 0.1) is 0 Å². The highest BCUT2D eigenvalue weighted by Gasteiger charge is 2.30. The first-order valence-electron chi connectivity index (χ1n) is 7.13. The average molecular weight is 296 g/mol. The van der Waals surface area contributed by atoms with Crippen molar-refractivity contribution >= 4 is 23.1 Å². The van der Waals surface area contributed by atoms with Crippen molar-refractivity contribution in [3.63, 3.8) is 0 Å². The third kappa shape index (κ3) is 2.61. The minimum Gasteiger partial charge on any atom is -0.365 e. The third-order valence-corrected chi connectivity index (χ3v) is 5.08. The van der Waals surface area contributed by atoms with Crippen LogP contribution in [-0.2, 0) is 0 Å². The fourth-order valence-electron chi connectivity index (χ4n) is 2.63. The van der Waals surface area contributed by atoms with E-state index in [0.29, 0.717) is 11.3 Å². The number of fused-ring (bicyclic) bond motifs is 1. The van der Waals surface area contributed by atoms with Gasteiger partial charge < -0.3 is 9.72 Å². The summed E-state index contributed by atoms with van der Waals surface area (Å²) >= 11 is 1.97. The van der Waals surface area contributed by atoms with E-state index in [9.17, 15) is 0 Å². The average Bonchev–Trinajstić information content (AvgIpc) is 2.95. The lowest BCUT2D eigenvalue weighted by Gasteiger charge is -2.35. The van der Waals surface area contributed by atoms with Crippen LogP contribution >= 0.6 is 11.8 Å². The Kier molecular flexibility index (Phi) is 3.27. The summed E-state index contributed by atoms with van der Waals surface area (Å²) in [5.41, 5.74) is 1.04. The molecule has 106 valence electrons. The second-order valence-electron chi connectivity index (χ2n) is 5.33. The topological polar surface area (TPSA) is 42.2 Å². The molecule has 0 aliphatic heterocycles. The summed E-state index contributed by atoms with van der Waals surface area (Å²) < 4.78 is 1.99. The summed E-state index contributed by atoms with van der Waals surface area (Å²) in [7, 11) is 0. The van der Waals surface area contributed by atoms with Crippen LogP contribution in [-0.4, -0.2) is 25.7 Å². The van der Waals surface area contributed by atoms with Gasteiger partial charge in [-0.25, -0.2) is 9.97 Å². The first-order valence-corrected chi connectivity index (χ1v) is 8.01. The molecule has 1 aliphatic rings. The van der Waals surface area contributed by atoms with Gasteiger partial charge >= 0.3 is 0 Å². The Labute approximate surface area is 127 Å². The van der Waals surface area contributed by atoms with E-state index >= 15 is 0 Å². The van der Waals surface area contributed by atoms with Crippen molar-refractivity contribution in [2.45, 2.75) is 29.0 Å². The molecule has 5 heteroatoms. The Hall–Kier alpha value is -2.01. The molecule has 3 aromatic rings. The summed E-state index contributed by atoms with van der Waals surface area (Å²) in [6.45, 7) is 0. The van der Waals surface area contributed by atoms with Crippen molar-refractivity contribution in [3.8, 4) is 0 Å². The second-order valence-corrected chi connectivity index (χ2v) is 6.70. The summed E-state index contributed by atoms with van der Waals surface area (Å²) in [5, 5.41) is 4.24. The van der Waals surface area contributed by atoms with Crippen LogP contribution in [0.2, 0.25) is 0 Å². The maximum atomic E-state index is 4.43. The highest BCUT2D eigenvalue weighted by atomic mass is 32.2. The maximum absolute atomic E-state index is 4.43. The molecular formula is C16H16N4S. The van der Waals surface area contributed by atoms with E-state index in [1.54, 1.807) is 6.33 Å². The fraction of sp³-hybridized carbons (Fsp3) is 0.250. The molecular weight excluding hydrogens is 280 g/mol. The van der Waals surface area contributed by atoms with E-state index in [4.69, 9.17) is 0 Å². The second kappa shape index (κ2) is 5.41. The largest absolute Gasteiger partial charge is 0.365 e. The SMILES string of the molecule is c1ccc(SC2CC(Nc3nccn4cncc34)C2)cc1. The minimum absolute atomic E-state index is 0.514. The molecule has 0 atom stereocenters. The predicted octanol–water partition coefficient (Wildman–Crippen LogP) is 3.46. The molecule has 1 fully saturated rings. The monoisotopic (exact) mass is 296 g/mol. The van der Waals surface area contributed by atoms with Gasteiger partial charge in [-0.05, 0) is 25.0 Å². The van der Waals surface area contributed by atoms with E-state index in [1.807, 2.05) is 34.8 Å². The van der Waals surface area contributed by atoms with Gasteiger partial charge in [0.05, 0.1) is 12.5 Å². The standard InChI is InChI=1S/C16H16N4S/c1-2-4-13(5-3-1)21-14-8-12(9-14)19-16-15-10-17-11-20(15)7-6-18-16/h1-7,10-12,14H,8-9H2,(H,18,19). The highest BCUT2D eigenvalue weighted by molar-refractivity contribution is 8.00. The molecule has 4 rings (SSSR count). The van der Waals surface area contributed by atoms with E-state index in [0.717, 1.165) is 11.3 Å². The normalized spacial score (nSPS) is 21.1. The van der Waals surface area contributed by atoms with Gasteiger partial charge in [0.2, 0.25) is 0 Å². The molecule has 1 N–H and O–H groups in total. The van der Waals surface area contributed by atoms with Gasteiger partial charge in [-0.2, -0.15) is 0 Å². The number of nitrogens with one attached hydrogen (secondary N) is 1. The number of thioether (sulfide) groups is 1. The Morgan fingerprint density at radius 3 is 2.90 bits per heavy atom. The van der Waals surface area contributed by atoms with E-state index in [2.05, 4.69) is 45.6 Å². The van der Waals surface area contributed by atoms with E-state index in [1.165, 1.54) is 17.7 Å². The Bertz CT molecular complexity index is 734. The van der Waals surface area contributed by atoms with Crippen LogP contribution in [0.25, 0.3) is 5.52 Å². The summed E-state index contributed by atoms with van der Waals surface area (Å²) in [5.74, 6) is 0.933. The minimum atomic E-state index is 0.514. The molecule has 2 heterocycles. The highest BCUT2D eigenvalue weighted by Crippen LogP contribution is 2.38. The van der Waals surface area contributed by atoms with E-state index < -0.39 is 0 Å². The summed E-state index contributed by atoms with van der Waals surface area (Å²) in [6.07, 6.45) is 9.74. The molecule has 4 nitrogen and oxygen atoms in total. The maximum Gasteiger partial charge on any atom is 0.152 e. The van der Waals surface area contributed by atoms with Crippen LogP contribution in [0.4, 0.5) is 5.82 Å². The summed E-state index contributed by atoms with van der Waals surface area (Å²) in [6, 6.07) is 11.1. The molecule has 0 spiro atoms.